The molecule has 1 rings (SSSR count). The number of carbonyl (C=O) groups excluding carboxylic acids is 2. The second-order valence-electron chi connectivity index (χ2n) is 6.88. The van der Waals surface area contributed by atoms with Gasteiger partial charge in [0, 0.05) is 0 Å². The molecule has 24 heavy (non-hydrogen) atoms. The van der Waals surface area contributed by atoms with Gasteiger partial charge in [-0.05, 0) is 45.7 Å². The Bertz CT molecular complexity index is 509. The lowest BCUT2D eigenvalue weighted by atomic mass is 10.1. The third-order valence-electron chi connectivity index (χ3n) is 3.43. The summed E-state index contributed by atoms with van der Waals surface area (Å²) >= 11 is 0. The molecule has 0 aromatic heterocycles. The lowest BCUT2D eigenvalue weighted by Crippen LogP contribution is -2.48. The topological polar surface area (TPSA) is 67.4 Å². The summed E-state index contributed by atoms with van der Waals surface area (Å²) < 4.78 is 5.14. The van der Waals surface area contributed by atoms with Crippen LogP contribution in [0.3, 0.4) is 0 Å². The van der Waals surface area contributed by atoms with Crippen molar-refractivity contribution in [1.29, 1.82) is 0 Å². The molecule has 0 unspecified atom stereocenters. The average Bonchev–Trinajstić information content (AvgIpc) is 2.49. The van der Waals surface area contributed by atoms with Gasteiger partial charge in [-0.1, -0.05) is 50.1 Å². The molecule has 0 aliphatic carbocycles. The minimum absolute atomic E-state index is 0.328. The average molecular weight is 334 g/mol. The van der Waals surface area contributed by atoms with Crippen LogP contribution >= 0.6 is 0 Å². The van der Waals surface area contributed by atoms with Crippen LogP contribution in [-0.4, -0.2) is 30.2 Å². The number of carbonyl (C=O) groups is 2. The maximum atomic E-state index is 12.3. The largest absolute Gasteiger partial charge is 0.444 e. The van der Waals surface area contributed by atoms with E-state index >= 15 is 0 Å². The van der Waals surface area contributed by atoms with E-state index in [2.05, 4.69) is 29.7 Å². The van der Waals surface area contributed by atoms with Crippen LogP contribution in [0.5, 0.6) is 0 Å². The standard InChI is InChI=1S/C19H30N2O3/c1-5-6-12-16(17(22)21-18(23)24-19(2,3)4)20-14-13-15-10-8-7-9-11-15/h7-11,16,20H,5-6,12-14H2,1-4H3,(H,21,22,23)/t16-/m0/s1. The normalized spacial score (nSPS) is 12.5. The highest BCUT2D eigenvalue weighted by Gasteiger charge is 2.23. The molecule has 0 saturated heterocycles. The quantitative estimate of drug-likeness (QED) is 0.764. The van der Waals surface area contributed by atoms with E-state index in [9.17, 15) is 9.59 Å². The number of hydrogen-bond donors (Lipinski definition) is 2. The highest BCUT2D eigenvalue weighted by molar-refractivity contribution is 5.94. The smallest absolute Gasteiger partial charge is 0.414 e. The zero-order valence-corrected chi connectivity index (χ0v) is 15.2. The van der Waals surface area contributed by atoms with Gasteiger partial charge >= 0.3 is 6.09 Å². The summed E-state index contributed by atoms with van der Waals surface area (Å²) in [5.41, 5.74) is 0.594. The summed E-state index contributed by atoms with van der Waals surface area (Å²) in [5, 5.41) is 5.58. The zero-order chi connectivity index (χ0) is 18.0. The van der Waals surface area contributed by atoms with Crippen LogP contribution in [0.15, 0.2) is 30.3 Å². The maximum absolute atomic E-state index is 12.3. The van der Waals surface area contributed by atoms with E-state index in [0.29, 0.717) is 13.0 Å². The van der Waals surface area contributed by atoms with Crippen molar-refractivity contribution in [3.63, 3.8) is 0 Å². The Hall–Kier alpha value is -1.88. The van der Waals surface area contributed by atoms with Crippen LogP contribution in [0.25, 0.3) is 0 Å². The molecule has 5 nitrogen and oxygen atoms in total. The van der Waals surface area contributed by atoms with Gasteiger partial charge in [-0.2, -0.15) is 0 Å². The van der Waals surface area contributed by atoms with Gasteiger partial charge in [-0.25, -0.2) is 4.79 Å². The highest BCUT2D eigenvalue weighted by atomic mass is 16.6. The Kier molecular flexibility index (Phi) is 8.47. The molecular formula is C19H30N2O3. The van der Waals surface area contributed by atoms with Crippen LogP contribution in [0.4, 0.5) is 4.79 Å². The minimum atomic E-state index is -0.696. The van der Waals surface area contributed by atoms with Gasteiger partial charge in [0.05, 0.1) is 6.04 Å². The van der Waals surface area contributed by atoms with Crippen LogP contribution in [0.1, 0.15) is 52.5 Å². The number of rotatable bonds is 8. The van der Waals surface area contributed by atoms with Gasteiger partial charge < -0.3 is 10.1 Å². The molecule has 1 aromatic rings. The van der Waals surface area contributed by atoms with Crippen molar-refractivity contribution < 1.29 is 14.3 Å². The second-order valence-corrected chi connectivity index (χ2v) is 6.88. The van der Waals surface area contributed by atoms with Crippen LogP contribution in [0, 0.1) is 0 Å². The Morgan fingerprint density at radius 3 is 2.42 bits per heavy atom. The molecule has 2 N–H and O–H groups in total. The van der Waals surface area contributed by atoms with Crippen molar-refractivity contribution >= 4 is 12.0 Å². The van der Waals surface area contributed by atoms with Crippen LogP contribution < -0.4 is 10.6 Å². The van der Waals surface area contributed by atoms with Crippen molar-refractivity contribution in [2.75, 3.05) is 6.54 Å². The first kappa shape index (κ1) is 20.2. The number of ether oxygens (including phenoxy) is 1. The van der Waals surface area contributed by atoms with Gasteiger partial charge in [0.15, 0.2) is 0 Å². The first-order valence-corrected chi connectivity index (χ1v) is 8.63. The van der Waals surface area contributed by atoms with E-state index in [1.54, 1.807) is 20.8 Å². The van der Waals surface area contributed by atoms with Crippen LogP contribution in [-0.2, 0) is 16.0 Å². The van der Waals surface area contributed by atoms with Crippen molar-refractivity contribution in [3.05, 3.63) is 35.9 Å². The SMILES string of the molecule is CCCC[C@H](NCCc1ccccc1)C(=O)NC(=O)OC(C)(C)C. The molecule has 0 saturated carbocycles. The highest BCUT2D eigenvalue weighted by Crippen LogP contribution is 2.07. The van der Waals surface area contributed by atoms with Crippen LogP contribution in [0.2, 0.25) is 0 Å². The lowest BCUT2D eigenvalue weighted by Gasteiger charge is -2.21. The first-order chi connectivity index (χ1) is 11.3. The van der Waals surface area contributed by atoms with Crippen molar-refractivity contribution in [2.45, 2.75) is 65.0 Å². The van der Waals surface area contributed by atoms with E-state index in [-0.39, 0.29) is 11.9 Å². The monoisotopic (exact) mass is 334 g/mol. The van der Waals surface area contributed by atoms with E-state index in [1.165, 1.54) is 5.56 Å². The number of unbranched alkanes of at least 4 members (excludes halogenated alkanes) is 1. The predicted octanol–water partition coefficient (Wildman–Crippen LogP) is 3.43. The molecule has 5 heteroatoms. The summed E-state index contributed by atoms with van der Waals surface area (Å²) in [6.07, 6.45) is 2.75. The van der Waals surface area contributed by atoms with Crippen molar-refractivity contribution in [1.82, 2.24) is 10.6 Å². The fourth-order valence-corrected chi connectivity index (χ4v) is 2.26. The third-order valence-corrected chi connectivity index (χ3v) is 3.43. The summed E-state index contributed by atoms with van der Waals surface area (Å²) in [7, 11) is 0. The van der Waals surface area contributed by atoms with E-state index in [0.717, 1.165) is 19.3 Å². The van der Waals surface area contributed by atoms with Gasteiger partial charge in [-0.15, -0.1) is 0 Å². The number of alkyl carbamates (subject to hydrolysis) is 1. The van der Waals surface area contributed by atoms with E-state index in [4.69, 9.17) is 4.74 Å². The molecule has 0 aliphatic rings. The number of benzene rings is 1. The van der Waals surface area contributed by atoms with Gasteiger partial charge in [0.2, 0.25) is 5.91 Å². The Morgan fingerprint density at radius 1 is 1.17 bits per heavy atom. The fourth-order valence-electron chi connectivity index (χ4n) is 2.26. The second kappa shape index (κ2) is 10.1. The number of hydrogen-bond acceptors (Lipinski definition) is 4. The summed E-state index contributed by atoms with van der Waals surface area (Å²) in [5.74, 6) is -0.328. The molecule has 0 heterocycles. The molecule has 134 valence electrons. The Balaban J connectivity index is 2.50. The molecule has 2 amide bonds. The number of imide groups is 1. The van der Waals surface area contributed by atoms with Crippen molar-refractivity contribution in [3.8, 4) is 0 Å². The first-order valence-electron chi connectivity index (χ1n) is 8.63. The molecule has 1 aromatic carbocycles. The number of amides is 2. The van der Waals surface area contributed by atoms with Crippen molar-refractivity contribution in [2.24, 2.45) is 0 Å². The van der Waals surface area contributed by atoms with Gasteiger partial charge in [-0.3, -0.25) is 10.1 Å². The molecule has 0 aliphatic heterocycles. The molecule has 0 fully saturated rings. The molecule has 1 atom stereocenters. The Morgan fingerprint density at radius 2 is 1.83 bits per heavy atom. The molecule has 0 spiro atoms. The minimum Gasteiger partial charge on any atom is -0.444 e. The fraction of sp³-hybridized carbons (Fsp3) is 0.579. The Labute approximate surface area is 145 Å². The summed E-state index contributed by atoms with van der Waals surface area (Å²) in [6, 6.07) is 9.71. The summed E-state index contributed by atoms with van der Waals surface area (Å²) in [4.78, 5) is 24.1. The predicted molar refractivity (Wildman–Crippen MR) is 95.8 cm³/mol. The third kappa shape index (κ3) is 8.67. The maximum Gasteiger partial charge on any atom is 0.414 e. The van der Waals surface area contributed by atoms with Gasteiger partial charge in [0.1, 0.15) is 5.60 Å². The summed E-state index contributed by atoms with van der Waals surface area (Å²) in [6.45, 7) is 8.06. The molecular weight excluding hydrogens is 304 g/mol. The van der Waals surface area contributed by atoms with Gasteiger partial charge in [0.25, 0.3) is 0 Å². The van der Waals surface area contributed by atoms with E-state index < -0.39 is 11.7 Å². The molecule has 0 radical (unpaired) electrons. The van der Waals surface area contributed by atoms with E-state index in [1.807, 2.05) is 18.2 Å². The molecule has 0 bridgehead atoms. The number of nitrogens with one attached hydrogen (secondary N) is 2. The zero-order valence-electron chi connectivity index (χ0n) is 15.2. The lowest BCUT2D eigenvalue weighted by molar-refractivity contribution is -0.123.